The molecule has 0 spiro atoms. The molecule has 26 heavy (non-hydrogen) atoms. The van der Waals surface area contributed by atoms with Gasteiger partial charge in [-0.3, -0.25) is 4.79 Å². The molecule has 5 rings (SSSR count). The third kappa shape index (κ3) is 2.40. The maximum Gasteiger partial charge on any atom is 0.247 e. The molecule has 0 radical (unpaired) electrons. The van der Waals surface area contributed by atoms with E-state index in [-0.39, 0.29) is 11.9 Å². The van der Waals surface area contributed by atoms with E-state index in [1.165, 1.54) is 27.1 Å². The lowest BCUT2D eigenvalue weighted by molar-refractivity contribution is -0.117. The fourth-order valence-electron chi connectivity index (χ4n) is 3.87. The Hall–Kier alpha value is -3.33. The van der Waals surface area contributed by atoms with Gasteiger partial charge in [-0.25, -0.2) is 0 Å². The van der Waals surface area contributed by atoms with Crippen LogP contribution in [-0.2, 0) is 11.2 Å². The molecule has 4 aromatic rings. The van der Waals surface area contributed by atoms with Crippen LogP contribution in [0.1, 0.15) is 5.56 Å². The molecule has 126 valence electrons. The number of carbonyl (C=O) groups is 1. The zero-order valence-electron chi connectivity index (χ0n) is 14.2. The average molecular weight is 338 g/mol. The molecule has 3 nitrogen and oxygen atoms in total. The summed E-state index contributed by atoms with van der Waals surface area (Å²) in [6, 6.07) is 26.6. The van der Waals surface area contributed by atoms with Crippen molar-refractivity contribution in [2.75, 3.05) is 10.6 Å². The largest absolute Gasteiger partial charge is 0.372 e. The van der Waals surface area contributed by atoms with Gasteiger partial charge in [-0.05, 0) is 45.3 Å². The molecule has 1 heterocycles. The van der Waals surface area contributed by atoms with Crippen molar-refractivity contribution in [2.45, 2.75) is 12.5 Å². The summed E-state index contributed by atoms with van der Waals surface area (Å²) in [7, 11) is 0. The second kappa shape index (κ2) is 5.88. The van der Waals surface area contributed by atoms with Gasteiger partial charge < -0.3 is 10.6 Å². The number of carbonyl (C=O) groups excluding carboxylic acids is 1. The van der Waals surface area contributed by atoms with E-state index in [1.54, 1.807) is 0 Å². The van der Waals surface area contributed by atoms with Gasteiger partial charge in [0.1, 0.15) is 6.04 Å². The van der Waals surface area contributed by atoms with Crippen molar-refractivity contribution in [1.29, 1.82) is 0 Å². The molecular formula is C23H18N2O. The van der Waals surface area contributed by atoms with Gasteiger partial charge in [0.2, 0.25) is 5.91 Å². The van der Waals surface area contributed by atoms with Gasteiger partial charge in [-0.15, -0.1) is 0 Å². The minimum atomic E-state index is -0.292. The van der Waals surface area contributed by atoms with Gasteiger partial charge in [0, 0.05) is 6.42 Å². The molecule has 0 aromatic heterocycles. The lowest BCUT2D eigenvalue weighted by atomic mass is 9.92. The van der Waals surface area contributed by atoms with Crippen molar-refractivity contribution < 1.29 is 4.79 Å². The first-order valence-corrected chi connectivity index (χ1v) is 8.85. The maximum atomic E-state index is 12.7. The minimum Gasteiger partial charge on any atom is -0.372 e. The van der Waals surface area contributed by atoms with E-state index in [2.05, 4.69) is 65.2 Å². The number of anilines is 2. The van der Waals surface area contributed by atoms with Gasteiger partial charge in [0.25, 0.3) is 0 Å². The Morgan fingerprint density at radius 1 is 0.731 bits per heavy atom. The topological polar surface area (TPSA) is 41.1 Å². The maximum absolute atomic E-state index is 12.7. The molecule has 1 atom stereocenters. The molecule has 0 fully saturated rings. The Kier molecular flexibility index (Phi) is 3.39. The zero-order valence-corrected chi connectivity index (χ0v) is 14.2. The molecule has 0 saturated heterocycles. The van der Waals surface area contributed by atoms with E-state index in [1.807, 2.05) is 24.3 Å². The van der Waals surface area contributed by atoms with Crippen LogP contribution in [0.4, 0.5) is 11.4 Å². The molecule has 0 bridgehead atoms. The fourth-order valence-corrected chi connectivity index (χ4v) is 3.87. The predicted octanol–water partition coefficient (Wildman–Crippen LogP) is 4.97. The highest BCUT2D eigenvalue weighted by Crippen LogP contribution is 2.32. The van der Waals surface area contributed by atoms with Crippen molar-refractivity contribution in [3.63, 3.8) is 0 Å². The highest BCUT2D eigenvalue weighted by Gasteiger charge is 2.26. The second-order valence-corrected chi connectivity index (χ2v) is 6.73. The quantitative estimate of drug-likeness (QED) is 0.507. The molecule has 0 unspecified atom stereocenters. The lowest BCUT2D eigenvalue weighted by Gasteiger charge is -2.27. The Balaban J connectivity index is 1.64. The Labute approximate surface area is 151 Å². The van der Waals surface area contributed by atoms with E-state index >= 15 is 0 Å². The minimum absolute atomic E-state index is 0.0146. The van der Waals surface area contributed by atoms with Gasteiger partial charge in [0.15, 0.2) is 0 Å². The summed E-state index contributed by atoms with van der Waals surface area (Å²) < 4.78 is 0. The van der Waals surface area contributed by atoms with Crippen molar-refractivity contribution >= 4 is 38.8 Å². The fraction of sp³-hybridized carbons (Fsp3) is 0.0870. The van der Waals surface area contributed by atoms with Crippen LogP contribution >= 0.6 is 0 Å². The normalized spacial score (nSPS) is 16.2. The first kappa shape index (κ1) is 15.0. The summed E-state index contributed by atoms with van der Waals surface area (Å²) in [6.45, 7) is 0. The van der Waals surface area contributed by atoms with Crippen molar-refractivity contribution in [3.8, 4) is 0 Å². The summed E-state index contributed by atoms with van der Waals surface area (Å²) >= 11 is 0. The number of hydrogen-bond acceptors (Lipinski definition) is 2. The summed E-state index contributed by atoms with van der Waals surface area (Å²) in [5.41, 5.74) is 3.03. The predicted molar refractivity (Wildman–Crippen MR) is 108 cm³/mol. The number of fused-ring (bicyclic) bond motifs is 3. The number of hydrogen-bond donors (Lipinski definition) is 2. The molecule has 4 aromatic carbocycles. The van der Waals surface area contributed by atoms with Gasteiger partial charge in [-0.1, -0.05) is 60.7 Å². The first-order chi connectivity index (χ1) is 12.8. The van der Waals surface area contributed by atoms with Crippen LogP contribution < -0.4 is 10.6 Å². The van der Waals surface area contributed by atoms with Crippen LogP contribution in [0.15, 0.2) is 78.9 Å². The highest BCUT2D eigenvalue weighted by molar-refractivity contribution is 6.06. The van der Waals surface area contributed by atoms with Crippen LogP contribution in [0, 0.1) is 0 Å². The number of benzene rings is 4. The number of nitrogens with one attached hydrogen (secondary N) is 2. The summed E-state index contributed by atoms with van der Waals surface area (Å²) in [4.78, 5) is 12.7. The smallest absolute Gasteiger partial charge is 0.247 e. The zero-order chi connectivity index (χ0) is 17.5. The van der Waals surface area contributed by atoms with E-state index in [9.17, 15) is 4.79 Å². The highest BCUT2D eigenvalue weighted by atomic mass is 16.2. The van der Waals surface area contributed by atoms with Crippen molar-refractivity contribution in [1.82, 2.24) is 0 Å². The Morgan fingerprint density at radius 2 is 1.31 bits per heavy atom. The van der Waals surface area contributed by atoms with E-state index in [4.69, 9.17) is 0 Å². The monoisotopic (exact) mass is 338 g/mol. The Morgan fingerprint density at radius 3 is 2.00 bits per heavy atom. The van der Waals surface area contributed by atoms with Gasteiger partial charge >= 0.3 is 0 Å². The Bertz CT molecular complexity index is 1100. The van der Waals surface area contributed by atoms with E-state index in [0.717, 1.165) is 11.4 Å². The lowest BCUT2D eigenvalue weighted by Crippen LogP contribution is -2.40. The summed E-state index contributed by atoms with van der Waals surface area (Å²) in [5.74, 6) is 0.0146. The molecule has 0 aliphatic carbocycles. The molecule has 0 saturated carbocycles. The average Bonchev–Trinajstić information content (AvgIpc) is 2.68. The van der Waals surface area contributed by atoms with Crippen molar-refractivity contribution in [2.24, 2.45) is 0 Å². The van der Waals surface area contributed by atoms with E-state index < -0.39 is 0 Å². The van der Waals surface area contributed by atoms with Crippen LogP contribution in [0.5, 0.6) is 0 Å². The first-order valence-electron chi connectivity index (χ1n) is 8.85. The molecule has 1 aliphatic rings. The third-order valence-corrected chi connectivity index (χ3v) is 5.12. The third-order valence-electron chi connectivity index (χ3n) is 5.12. The van der Waals surface area contributed by atoms with E-state index in [0.29, 0.717) is 6.42 Å². The molecule has 1 aliphatic heterocycles. The molecule has 2 N–H and O–H groups in total. The number of para-hydroxylation sites is 2. The van der Waals surface area contributed by atoms with Gasteiger partial charge in [-0.2, -0.15) is 0 Å². The van der Waals surface area contributed by atoms with Crippen molar-refractivity contribution in [3.05, 3.63) is 84.4 Å². The molecule has 1 amide bonds. The van der Waals surface area contributed by atoms with Crippen LogP contribution in [-0.4, -0.2) is 11.9 Å². The number of amides is 1. The standard InChI is InChI=1S/C23H18N2O/c26-23-22(24-20-11-5-6-12-21(20)25-23)14-19-17-9-3-1-7-15(17)13-16-8-2-4-10-18(16)19/h1-13,22,24H,14H2,(H,25,26)/t22-/m1/s1. The van der Waals surface area contributed by atoms with Crippen LogP contribution in [0.25, 0.3) is 21.5 Å². The molecular weight excluding hydrogens is 320 g/mol. The molecule has 3 heteroatoms. The van der Waals surface area contributed by atoms with Gasteiger partial charge in [0.05, 0.1) is 11.4 Å². The SMILES string of the molecule is O=C1Nc2ccccc2N[C@@H]1Cc1c2ccccc2cc2ccccc12. The summed E-state index contributed by atoms with van der Waals surface area (Å²) in [6.07, 6.45) is 0.641. The second-order valence-electron chi connectivity index (χ2n) is 6.73. The van der Waals surface area contributed by atoms with Crippen LogP contribution in [0.2, 0.25) is 0 Å². The van der Waals surface area contributed by atoms with Crippen LogP contribution in [0.3, 0.4) is 0 Å². The number of rotatable bonds is 2. The summed E-state index contributed by atoms with van der Waals surface area (Å²) in [5, 5.41) is 11.3.